The lowest BCUT2D eigenvalue weighted by Gasteiger charge is -2.40. The van der Waals surface area contributed by atoms with E-state index < -0.39 is 0 Å². The Bertz CT molecular complexity index is 618. The Morgan fingerprint density at radius 2 is 1.90 bits per heavy atom. The predicted molar refractivity (Wildman–Crippen MR) is 88.2 cm³/mol. The fourth-order valence-corrected chi connectivity index (χ4v) is 4.37. The summed E-state index contributed by atoms with van der Waals surface area (Å²) in [6, 6.07) is 8.53. The molecular weight excluding hydrogens is 258 g/mol. The van der Waals surface area contributed by atoms with Gasteiger partial charge in [0.05, 0.1) is 11.2 Å². The molecule has 1 fully saturated rings. The van der Waals surface area contributed by atoms with Crippen LogP contribution in [0.3, 0.4) is 0 Å². The quantitative estimate of drug-likeness (QED) is 0.933. The van der Waals surface area contributed by atoms with Crippen LogP contribution in [0.15, 0.2) is 24.3 Å². The molecule has 1 aliphatic carbocycles. The third-order valence-electron chi connectivity index (χ3n) is 4.87. The molecule has 1 aromatic heterocycles. The second-order valence-electron chi connectivity index (χ2n) is 7.17. The molecule has 1 heterocycles. The Hall–Kier alpha value is -1.35. The Morgan fingerprint density at radius 3 is 2.57 bits per heavy atom. The first-order chi connectivity index (χ1) is 10.0. The van der Waals surface area contributed by atoms with Crippen LogP contribution in [0.4, 0.5) is 0 Å². The number of nitrogens with two attached hydrogens (primary N) is 1. The first-order valence-electron chi connectivity index (χ1n) is 8.24. The molecule has 2 N–H and O–H groups in total. The zero-order chi connectivity index (χ0) is 15.0. The first-order valence-corrected chi connectivity index (χ1v) is 8.24. The van der Waals surface area contributed by atoms with Crippen molar-refractivity contribution in [3.8, 4) is 0 Å². The lowest BCUT2D eigenvalue weighted by Crippen LogP contribution is -2.48. The lowest BCUT2D eigenvalue weighted by molar-refractivity contribution is 0.181. The van der Waals surface area contributed by atoms with Gasteiger partial charge in [0, 0.05) is 23.9 Å². The van der Waals surface area contributed by atoms with E-state index in [0.717, 1.165) is 37.6 Å². The molecule has 0 radical (unpaired) electrons. The maximum absolute atomic E-state index is 6.76. The molecule has 2 atom stereocenters. The third-order valence-corrected chi connectivity index (χ3v) is 4.87. The van der Waals surface area contributed by atoms with E-state index in [4.69, 9.17) is 10.8 Å². The minimum Gasteiger partial charge on any atom is -0.325 e. The van der Waals surface area contributed by atoms with Crippen molar-refractivity contribution in [3.05, 3.63) is 30.0 Å². The van der Waals surface area contributed by atoms with Crippen LogP contribution in [0.25, 0.3) is 10.9 Å². The Morgan fingerprint density at radius 1 is 1.24 bits per heavy atom. The van der Waals surface area contributed by atoms with E-state index >= 15 is 0 Å². The van der Waals surface area contributed by atoms with Crippen molar-refractivity contribution in [1.82, 2.24) is 9.78 Å². The number of benzene rings is 1. The third kappa shape index (κ3) is 2.84. The topological polar surface area (TPSA) is 43.8 Å². The summed E-state index contributed by atoms with van der Waals surface area (Å²) in [4.78, 5) is 0. The fraction of sp³-hybridized carbons (Fsp3) is 0.611. The summed E-state index contributed by atoms with van der Waals surface area (Å²) in [5.74, 6) is 1.44. The zero-order valence-electron chi connectivity index (χ0n) is 13.5. The number of rotatable bonds is 3. The highest BCUT2D eigenvalue weighted by atomic mass is 15.3. The van der Waals surface area contributed by atoms with Crippen LogP contribution in [0.1, 0.15) is 45.7 Å². The van der Waals surface area contributed by atoms with Gasteiger partial charge in [-0.25, -0.2) is 0 Å². The van der Waals surface area contributed by atoms with Crippen LogP contribution >= 0.6 is 0 Å². The largest absolute Gasteiger partial charge is 0.325 e. The molecule has 1 aliphatic rings. The van der Waals surface area contributed by atoms with Gasteiger partial charge in [0.25, 0.3) is 0 Å². The minimum absolute atomic E-state index is 0.0905. The molecule has 114 valence electrons. The minimum atomic E-state index is -0.0905. The lowest BCUT2D eigenvalue weighted by atomic mass is 9.70. The molecule has 1 aromatic carbocycles. The number of hydrogen-bond acceptors (Lipinski definition) is 2. The van der Waals surface area contributed by atoms with Crippen LogP contribution < -0.4 is 5.73 Å². The normalized spacial score (nSPS) is 29.9. The van der Waals surface area contributed by atoms with Crippen LogP contribution in [-0.4, -0.2) is 15.3 Å². The maximum Gasteiger partial charge on any atom is 0.0721 e. The smallest absolute Gasteiger partial charge is 0.0721 e. The average Bonchev–Trinajstić information content (AvgIpc) is 2.75. The predicted octanol–water partition coefficient (Wildman–Crippen LogP) is 3.75. The van der Waals surface area contributed by atoms with E-state index in [9.17, 15) is 0 Å². The fourth-order valence-electron chi connectivity index (χ4n) is 4.37. The number of para-hydroxylation sites is 1. The van der Waals surface area contributed by atoms with Gasteiger partial charge in [0.15, 0.2) is 0 Å². The number of hydrogen-bond donors (Lipinski definition) is 1. The summed E-state index contributed by atoms with van der Waals surface area (Å²) in [6.45, 7) is 7.72. The van der Waals surface area contributed by atoms with E-state index in [-0.39, 0.29) is 5.54 Å². The molecule has 0 amide bonds. The van der Waals surface area contributed by atoms with Crippen molar-refractivity contribution >= 4 is 10.9 Å². The van der Waals surface area contributed by atoms with Crippen LogP contribution in [0.5, 0.6) is 0 Å². The highest BCUT2D eigenvalue weighted by Gasteiger charge is 2.35. The molecule has 0 bridgehead atoms. The molecular formula is C18H27N3. The Kier molecular flexibility index (Phi) is 3.78. The molecule has 0 saturated heterocycles. The van der Waals surface area contributed by atoms with Crippen molar-refractivity contribution in [1.29, 1.82) is 0 Å². The number of aromatic nitrogens is 2. The Balaban J connectivity index is 1.94. The number of aryl methyl sites for hydroxylation is 1. The second-order valence-corrected chi connectivity index (χ2v) is 7.17. The van der Waals surface area contributed by atoms with Gasteiger partial charge in [-0.3, -0.25) is 4.68 Å². The van der Waals surface area contributed by atoms with E-state index in [1.807, 2.05) is 0 Å². The molecule has 3 rings (SSSR count). The van der Waals surface area contributed by atoms with Crippen LogP contribution in [0.2, 0.25) is 0 Å². The number of nitrogens with zero attached hydrogens (tertiary/aromatic N) is 2. The summed E-state index contributed by atoms with van der Waals surface area (Å²) in [5.41, 5.74) is 9.08. The number of fused-ring (bicyclic) bond motifs is 1. The molecule has 21 heavy (non-hydrogen) atoms. The van der Waals surface area contributed by atoms with Gasteiger partial charge in [-0.05, 0) is 44.1 Å². The van der Waals surface area contributed by atoms with E-state index in [1.165, 1.54) is 23.0 Å². The van der Waals surface area contributed by atoms with Gasteiger partial charge in [-0.1, -0.05) is 32.0 Å². The summed E-state index contributed by atoms with van der Waals surface area (Å²) in [6.07, 6.45) is 4.44. The standard InChI is InChI=1S/C18H27N3/c1-4-21-17-8-6-5-7-15(17)16(20-21)12-18(19)10-13(2)9-14(3)11-18/h5-8,13-14H,4,9-12,19H2,1-3H3. The first kappa shape index (κ1) is 14.6. The van der Waals surface area contributed by atoms with Gasteiger partial charge in [0.2, 0.25) is 0 Å². The van der Waals surface area contributed by atoms with Gasteiger partial charge < -0.3 is 5.73 Å². The average molecular weight is 285 g/mol. The Labute approximate surface area is 127 Å². The van der Waals surface area contributed by atoms with Crippen molar-refractivity contribution < 1.29 is 0 Å². The van der Waals surface area contributed by atoms with E-state index in [2.05, 4.69) is 49.7 Å². The zero-order valence-corrected chi connectivity index (χ0v) is 13.5. The molecule has 2 unspecified atom stereocenters. The molecule has 3 nitrogen and oxygen atoms in total. The van der Waals surface area contributed by atoms with Crippen molar-refractivity contribution in [2.45, 2.75) is 58.5 Å². The summed E-state index contributed by atoms with van der Waals surface area (Å²) < 4.78 is 2.10. The van der Waals surface area contributed by atoms with Crippen LogP contribution in [0, 0.1) is 11.8 Å². The molecule has 1 saturated carbocycles. The molecule has 3 heteroatoms. The van der Waals surface area contributed by atoms with Gasteiger partial charge >= 0.3 is 0 Å². The summed E-state index contributed by atoms with van der Waals surface area (Å²) >= 11 is 0. The summed E-state index contributed by atoms with van der Waals surface area (Å²) in [5, 5.41) is 6.11. The molecule has 0 spiro atoms. The highest BCUT2D eigenvalue weighted by Crippen LogP contribution is 2.37. The monoisotopic (exact) mass is 285 g/mol. The van der Waals surface area contributed by atoms with E-state index in [0.29, 0.717) is 0 Å². The SMILES string of the molecule is CCn1nc(CC2(N)CC(C)CC(C)C2)c2ccccc21. The van der Waals surface area contributed by atoms with Gasteiger partial charge in [-0.15, -0.1) is 0 Å². The molecule has 0 aliphatic heterocycles. The molecule has 2 aromatic rings. The van der Waals surface area contributed by atoms with Crippen molar-refractivity contribution in [2.75, 3.05) is 0 Å². The van der Waals surface area contributed by atoms with Crippen molar-refractivity contribution in [3.63, 3.8) is 0 Å². The van der Waals surface area contributed by atoms with Crippen LogP contribution in [-0.2, 0) is 13.0 Å². The maximum atomic E-state index is 6.76. The van der Waals surface area contributed by atoms with Gasteiger partial charge in [0.1, 0.15) is 0 Å². The highest BCUT2D eigenvalue weighted by molar-refractivity contribution is 5.82. The van der Waals surface area contributed by atoms with Crippen molar-refractivity contribution in [2.24, 2.45) is 17.6 Å². The second kappa shape index (κ2) is 5.45. The van der Waals surface area contributed by atoms with E-state index in [1.54, 1.807) is 0 Å². The van der Waals surface area contributed by atoms with Gasteiger partial charge in [-0.2, -0.15) is 5.10 Å². The summed E-state index contributed by atoms with van der Waals surface area (Å²) in [7, 11) is 0.